The number of methoxy groups -OCH3 is 1. The van der Waals surface area contributed by atoms with Gasteiger partial charge in [0.25, 0.3) is 0 Å². The molecule has 4 heteroatoms. The fourth-order valence-electron chi connectivity index (χ4n) is 2.19. The summed E-state index contributed by atoms with van der Waals surface area (Å²) >= 11 is 0. The Morgan fingerprint density at radius 3 is 2.71 bits per heavy atom. The normalized spacial score (nSPS) is 10.4. The smallest absolute Gasteiger partial charge is 0.305 e. The fourth-order valence-corrected chi connectivity index (χ4v) is 2.19. The molecule has 0 aromatic heterocycles. The van der Waals surface area contributed by atoms with Crippen LogP contribution in [0.4, 0.5) is 0 Å². The van der Waals surface area contributed by atoms with Gasteiger partial charge in [0.15, 0.2) is 0 Å². The molecule has 0 aliphatic carbocycles. The minimum Gasteiger partial charge on any atom is -0.496 e. The highest BCUT2D eigenvalue weighted by Gasteiger charge is 2.02. The van der Waals surface area contributed by atoms with Crippen LogP contribution in [0.1, 0.15) is 38.2 Å². The van der Waals surface area contributed by atoms with Crippen molar-refractivity contribution in [1.82, 2.24) is 5.32 Å². The maximum Gasteiger partial charge on any atom is 0.305 e. The van der Waals surface area contributed by atoms with E-state index in [4.69, 9.17) is 9.47 Å². The van der Waals surface area contributed by atoms with E-state index in [1.54, 1.807) is 7.11 Å². The van der Waals surface area contributed by atoms with E-state index in [0.29, 0.717) is 13.0 Å². The molecule has 0 amide bonds. The van der Waals surface area contributed by atoms with Crippen LogP contribution >= 0.6 is 0 Å². The fraction of sp³-hybridized carbons (Fsp3) is 0.588. The number of hydrogen-bond donors (Lipinski definition) is 1. The highest BCUT2D eigenvalue weighted by Crippen LogP contribution is 2.17. The van der Waals surface area contributed by atoms with Crippen molar-refractivity contribution in [3.63, 3.8) is 0 Å². The van der Waals surface area contributed by atoms with Crippen molar-refractivity contribution in [1.29, 1.82) is 0 Å². The molecule has 0 fully saturated rings. The zero-order valence-electron chi connectivity index (χ0n) is 13.2. The highest BCUT2D eigenvalue weighted by atomic mass is 16.5. The van der Waals surface area contributed by atoms with Gasteiger partial charge in [-0.1, -0.05) is 24.6 Å². The molecule has 1 aromatic carbocycles. The Labute approximate surface area is 127 Å². The predicted octanol–water partition coefficient (Wildman–Crippen LogP) is 2.95. The van der Waals surface area contributed by atoms with Crippen molar-refractivity contribution in [2.75, 3.05) is 26.8 Å². The van der Waals surface area contributed by atoms with Crippen molar-refractivity contribution in [3.05, 3.63) is 29.8 Å². The summed E-state index contributed by atoms with van der Waals surface area (Å²) in [6, 6.07) is 8.11. The molecule has 0 heterocycles. The van der Waals surface area contributed by atoms with Gasteiger partial charge in [0, 0.05) is 6.42 Å². The first-order chi connectivity index (χ1) is 10.3. The summed E-state index contributed by atoms with van der Waals surface area (Å²) in [5.41, 5.74) is 1.23. The third kappa shape index (κ3) is 7.71. The number of benzene rings is 1. The van der Waals surface area contributed by atoms with Crippen LogP contribution in [-0.2, 0) is 16.0 Å². The lowest BCUT2D eigenvalue weighted by Crippen LogP contribution is -2.18. The lowest BCUT2D eigenvalue weighted by Gasteiger charge is -2.09. The molecular formula is C17H27NO3. The maximum absolute atomic E-state index is 11.1. The number of ether oxygens (including phenoxy) is 2. The first-order valence-corrected chi connectivity index (χ1v) is 7.76. The Bertz CT molecular complexity index is 407. The molecule has 0 aliphatic heterocycles. The molecule has 0 atom stereocenters. The minimum absolute atomic E-state index is 0.0818. The van der Waals surface area contributed by atoms with Gasteiger partial charge >= 0.3 is 5.97 Å². The van der Waals surface area contributed by atoms with Crippen LogP contribution in [0.2, 0.25) is 0 Å². The van der Waals surface area contributed by atoms with E-state index in [2.05, 4.69) is 11.4 Å². The van der Waals surface area contributed by atoms with Crippen molar-refractivity contribution in [3.8, 4) is 5.75 Å². The van der Waals surface area contributed by atoms with E-state index in [9.17, 15) is 4.79 Å². The van der Waals surface area contributed by atoms with Gasteiger partial charge in [0.1, 0.15) is 5.75 Å². The van der Waals surface area contributed by atoms with Gasteiger partial charge in [0.05, 0.1) is 13.7 Å². The molecule has 0 unspecified atom stereocenters. The van der Waals surface area contributed by atoms with Crippen molar-refractivity contribution in [2.45, 2.75) is 39.0 Å². The SMILES string of the molecule is CCOC(=O)CCCCCNCCc1ccccc1OC. The summed E-state index contributed by atoms with van der Waals surface area (Å²) in [5.74, 6) is 0.871. The van der Waals surface area contributed by atoms with Crippen molar-refractivity contribution < 1.29 is 14.3 Å². The first-order valence-electron chi connectivity index (χ1n) is 7.76. The van der Waals surface area contributed by atoms with Gasteiger partial charge in [-0.05, 0) is 50.9 Å². The number of hydrogen-bond acceptors (Lipinski definition) is 4. The van der Waals surface area contributed by atoms with Crippen LogP contribution in [-0.4, -0.2) is 32.8 Å². The second-order valence-electron chi connectivity index (χ2n) is 4.93. The first kappa shape index (κ1) is 17.5. The monoisotopic (exact) mass is 293 g/mol. The summed E-state index contributed by atoms with van der Waals surface area (Å²) < 4.78 is 10.2. The number of rotatable bonds is 11. The largest absolute Gasteiger partial charge is 0.496 e. The number of carbonyl (C=O) groups is 1. The molecule has 0 aliphatic rings. The Morgan fingerprint density at radius 1 is 1.14 bits per heavy atom. The Kier molecular flexibility index (Phi) is 9.29. The molecule has 0 spiro atoms. The van der Waals surface area contributed by atoms with E-state index in [0.717, 1.165) is 44.5 Å². The Morgan fingerprint density at radius 2 is 1.95 bits per heavy atom. The van der Waals surface area contributed by atoms with Crippen LogP contribution in [0.3, 0.4) is 0 Å². The minimum atomic E-state index is -0.0818. The van der Waals surface area contributed by atoms with E-state index >= 15 is 0 Å². The van der Waals surface area contributed by atoms with Gasteiger partial charge in [-0.25, -0.2) is 0 Å². The quantitative estimate of drug-likeness (QED) is 0.503. The van der Waals surface area contributed by atoms with E-state index < -0.39 is 0 Å². The summed E-state index contributed by atoms with van der Waals surface area (Å²) in [4.78, 5) is 11.1. The van der Waals surface area contributed by atoms with Crippen LogP contribution in [0.5, 0.6) is 5.75 Å². The lowest BCUT2D eigenvalue weighted by molar-refractivity contribution is -0.143. The van der Waals surface area contributed by atoms with Gasteiger partial charge in [-0.2, -0.15) is 0 Å². The average Bonchev–Trinajstić information content (AvgIpc) is 2.50. The molecule has 1 aromatic rings. The topological polar surface area (TPSA) is 47.6 Å². The standard InChI is InChI=1S/C17H27NO3/c1-3-21-17(19)11-5-4-8-13-18-14-12-15-9-6-7-10-16(15)20-2/h6-7,9-10,18H,3-5,8,11-14H2,1-2H3. The number of para-hydroxylation sites is 1. The molecular weight excluding hydrogens is 266 g/mol. The number of carbonyl (C=O) groups excluding carboxylic acids is 1. The zero-order chi connectivity index (χ0) is 15.3. The summed E-state index contributed by atoms with van der Waals surface area (Å²) in [5, 5.41) is 3.43. The van der Waals surface area contributed by atoms with E-state index in [1.165, 1.54) is 5.56 Å². The van der Waals surface area contributed by atoms with Gasteiger partial charge < -0.3 is 14.8 Å². The van der Waals surface area contributed by atoms with E-state index in [-0.39, 0.29) is 5.97 Å². The molecule has 0 saturated carbocycles. The summed E-state index contributed by atoms with van der Waals surface area (Å²) in [6.45, 7) is 4.24. The number of nitrogens with one attached hydrogen (secondary N) is 1. The van der Waals surface area contributed by atoms with Gasteiger partial charge in [-0.3, -0.25) is 4.79 Å². The van der Waals surface area contributed by atoms with Gasteiger partial charge in [-0.15, -0.1) is 0 Å². The zero-order valence-corrected chi connectivity index (χ0v) is 13.2. The van der Waals surface area contributed by atoms with Crippen LogP contribution in [0.15, 0.2) is 24.3 Å². The second-order valence-corrected chi connectivity index (χ2v) is 4.93. The molecule has 4 nitrogen and oxygen atoms in total. The average molecular weight is 293 g/mol. The predicted molar refractivity (Wildman–Crippen MR) is 84.7 cm³/mol. The second kappa shape index (κ2) is 11.1. The molecule has 1 rings (SSSR count). The molecule has 21 heavy (non-hydrogen) atoms. The molecule has 118 valence electrons. The van der Waals surface area contributed by atoms with Crippen molar-refractivity contribution >= 4 is 5.97 Å². The van der Waals surface area contributed by atoms with E-state index in [1.807, 2.05) is 25.1 Å². The summed E-state index contributed by atoms with van der Waals surface area (Å²) in [7, 11) is 1.70. The molecule has 0 radical (unpaired) electrons. The Hall–Kier alpha value is -1.55. The van der Waals surface area contributed by atoms with Crippen molar-refractivity contribution in [2.24, 2.45) is 0 Å². The molecule has 1 N–H and O–H groups in total. The molecule has 0 bridgehead atoms. The third-order valence-electron chi connectivity index (χ3n) is 3.30. The molecule has 0 saturated heterocycles. The maximum atomic E-state index is 11.1. The van der Waals surface area contributed by atoms with Crippen LogP contribution < -0.4 is 10.1 Å². The highest BCUT2D eigenvalue weighted by molar-refractivity contribution is 5.69. The van der Waals surface area contributed by atoms with Crippen LogP contribution in [0.25, 0.3) is 0 Å². The third-order valence-corrected chi connectivity index (χ3v) is 3.30. The van der Waals surface area contributed by atoms with Crippen LogP contribution in [0, 0.1) is 0 Å². The lowest BCUT2D eigenvalue weighted by atomic mass is 10.1. The number of unbranched alkanes of at least 4 members (excludes halogenated alkanes) is 2. The number of esters is 1. The summed E-state index contributed by atoms with van der Waals surface area (Å²) in [6.07, 6.45) is 4.56. The van der Waals surface area contributed by atoms with Gasteiger partial charge in [0.2, 0.25) is 0 Å². The Balaban J connectivity index is 2.01.